The van der Waals surface area contributed by atoms with E-state index in [0.29, 0.717) is 18.8 Å². The standard InChI is InChI=1S/C14H19N3O3S/c1-3-21(18,19)11-13-10-17(16-15-13)7-8-20-14-6-4-5-12(2)9-14/h4-6,9-10H,3,7-8,11H2,1-2H3. The quantitative estimate of drug-likeness (QED) is 0.776. The van der Waals surface area contributed by atoms with Crippen molar-refractivity contribution in [2.45, 2.75) is 26.1 Å². The summed E-state index contributed by atoms with van der Waals surface area (Å²) in [7, 11) is -3.07. The summed E-state index contributed by atoms with van der Waals surface area (Å²) in [5.74, 6) is 0.849. The van der Waals surface area contributed by atoms with Crippen molar-refractivity contribution in [1.82, 2.24) is 15.0 Å². The van der Waals surface area contributed by atoms with Crippen molar-refractivity contribution in [3.05, 3.63) is 41.7 Å². The summed E-state index contributed by atoms with van der Waals surface area (Å²) < 4.78 is 30.2. The molecule has 2 rings (SSSR count). The zero-order valence-electron chi connectivity index (χ0n) is 12.2. The molecule has 0 aliphatic rings. The fourth-order valence-electron chi connectivity index (χ4n) is 1.80. The summed E-state index contributed by atoms with van der Waals surface area (Å²) in [4.78, 5) is 0. The summed E-state index contributed by atoms with van der Waals surface area (Å²) in [6.07, 6.45) is 1.65. The second-order valence-corrected chi connectivity index (χ2v) is 7.17. The number of nitrogens with zero attached hydrogens (tertiary/aromatic N) is 3. The average molecular weight is 309 g/mol. The van der Waals surface area contributed by atoms with E-state index in [1.54, 1.807) is 17.8 Å². The van der Waals surface area contributed by atoms with Crippen molar-refractivity contribution < 1.29 is 13.2 Å². The summed E-state index contributed by atoms with van der Waals surface area (Å²) in [6.45, 7) is 4.60. The van der Waals surface area contributed by atoms with Crippen LogP contribution < -0.4 is 4.74 Å². The highest BCUT2D eigenvalue weighted by Gasteiger charge is 2.12. The second kappa shape index (κ2) is 6.71. The van der Waals surface area contributed by atoms with Crippen LogP contribution in [0.1, 0.15) is 18.2 Å². The lowest BCUT2D eigenvalue weighted by atomic mass is 10.2. The molecule has 6 nitrogen and oxygen atoms in total. The fourth-order valence-corrected chi connectivity index (χ4v) is 2.59. The molecule has 0 saturated carbocycles. The van der Waals surface area contributed by atoms with Crippen molar-refractivity contribution in [2.75, 3.05) is 12.4 Å². The number of aromatic nitrogens is 3. The number of hydrogen-bond donors (Lipinski definition) is 0. The smallest absolute Gasteiger partial charge is 0.155 e. The van der Waals surface area contributed by atoms with E-state index in [2.05, 4.69) is 10.3 Å². The minimum absolute atomic E-state index is 0.0672. The van der Waals surface area contributed by atoms with Gasteiger partial charge in [-0.05, 0) is 24.6 Å². The number of hydrogen-bond acceptors (Lipinski definition) is 5. The molecule has 0 unspecified atom stereocenters. The first-order valence-corrected chi connectivity index (χ1v) is 8.59. The van der Waals surface area contributed by atoms with Crippen molar-refractivity contribution in [2.24, 2.45) is 0 Å². The van der Waals surface area contributed by atoms with Crippen LogP contribution in [-0.4, -0.2) is 35.8 Å². The van der Waals surface area contributed by atoms with Gasteiger partial charge in [0.25, 0.3) is 0 Å². The van der Waals surface area contributed by atoms with Gasteiger partial charge in [0.2, 0.25) is 0 Å². The van der Waals surface area contributed by atoms with Crippen LogP contribution in [0.4, 0.5) is 0 Å². The molecule has 0 atom stereocenters. The minimum atomic E-state index is -3.07. The molecule has 0 N–H and O–H groups in total. The lowest BCUT2D eigenvalue weighted by Gasteiger charge is -2.06. The maximum Gasteiger partial charge on any atom is 0.155 e. The molecule has 1 aromatic heterocycles. The molecule has 0 spiro atoms. The Labute approximate surface area is 124 Å². The van der Waals surface area contributed by atoms with Gasteiger partial charge in [-0.15, -0.1) is 5.10 Å². The third-order valence-electron chi connectivity index (χ3n) is 2.97. The molecule has 21 heavy (non-hydrogen) atoms. The first kappa shape index (κ1) is 15.5. The first-order valence-electron chi connectivity index (χ1n) is 6.77. The molecule has 0 saturated heterocycles. The number of ether oxygens (including phenoxy) is 1. The predicted molar refractivity (Wildman–Crippen MR) is 79.9 cm³/mol. The van der Waals surface area contributed by atoms with Crippen molar-refractivity contribution >= 4 is 9.84 Å². The molecule has 0 fully saturated rings. The van der Waals surface area contributed by atoms with Crippen LogP contribution in [0.15, 0.2) is 30.5 Å². The Kier molecular flexibility index (Phi) is 4.95. The maximum absolute atomic E-state index is 11.5. The van der Waals surface area contributed by atoms with Crippen LogP contribution in [0.5, 0.6) is 5.75 Å². The van der Waals surface area contributed by atoms with E-state index in [1.807, 2.05) is 31.2 Å². The Hall–Kier alpha value is -1.89. The van der Waals surface area contributed by atoms with E-state index in [9.17, 15) is 8.42 Å². The first-order chi connectivity index (χ1) is 9.98. The molecular formula is C14H19N3O3S. The minimum Gasteiger partial charge on any atom is -0.492 e. The van der Waals surface area contributed by atoms with Gasteiger partial charge in [-0.3, -0.25) is 0 Å². The third-order valence-corrected chi connectivity index (χ3v) is 4.59. The van der Waals surface area contributed by atoms with Gasteiger partial charge >= 0.3 is 0 Å². The van der Waals surface area contributed by atoms with Gasteiger partial charge in [-0.25, -0.2) is 13.1 Å². The zero-order chi connectivity index (χ0) is 15.3. The summed E-state index contributed by atoms with van der Waals surface area (Å²) >= 11 is 0. The highest BCUT2D eigenvalue weighted by molar-refractivity contribution is 7.90. The molecule has 0 amide bonds. The monoisotopic (exact) mass is 309 g/mol. The van der Waals surface area contributed by atoms with E-state index in [1.165, 1.54) is 0 Å². The van der Waals surface area contributed by atoms with Gasteiger partial charge in [0, 0.05) is 11.9 Å². The number of sulfone groups is 1. The topological polar surface area (TPSA) is 74.1 Å². The van der Waals surface area contributed by atoms with Gasteiger partial charge < -0.3 is 4.74 Å². The number of aryl methyl sites for hydroxylation is 1. The fraction of sp³-hybridized carbons (Fsp3) is 0.429. The highest BCUT2D eigenvalue weighted by atomic mass is 32.2. The van der Waals surface area contributed by atoms with Crippen LogP contribution in [0.3, 0.4) is 0 Å². The molecule has 0 aliphatic heterocycles. The number of rotatable bonds is 7. The Balaban J connectivity index is 1.86. The van der Waals surface area contributed by atoms with Crippen LogP contribution in [0, 0.1) is 6.92 Å². The Morgan fingerprint density at radius 2 is 2.14 bits per heavy atom. The lowest BCUT2D eigenvalue weighted by Crippen LogP contribution is -2.09. The Morgan fingerprint density at radius 1 is 1.33 bits per heavy atom. The van der Waals surface area contributed by atoms with Crippen molar-refractivity contribution in [1.29, 1.82) is 0 Å². The summed E-state index contributed by atoms with van der Waals surface area (Å²) in [5, 5.41) is 7.77. The molecule has 1 heterocycles. The largest absolute Gasteiger partial charge is 0.492 e. The molecule has 2 aromatic rings. The lowest BCUT2D eigenvalue weighted by molar-refractivity contribution is 0.289. The number of benzene rings is 1. The zero-order valence-corrected chi connectivity index (χ0v) is 13.0. The Morgan fingerprint density at radius 3 is 2.86 bits per heavy atom. The van der Waals surface area contributed by atoms with Gasteiger partial charge in [0.05, 0.1) is 18.0 Å². The van der Waals surface area contributed by atoms with Gasteiger partial charge in [-0.2, -0.15) is 0 Å². The van der Waals surface area contributed by atoms with Crippen LogP contribution >= 0.6 is 0 Å². The normalized spacial score (nSPS) is 11.5. The summed E-state index contributed by atoms with van der Waals surface area (Å²) in [5.41, 5.74) is 1.60. The highest BCUT2D eigenvalue weighted by Crippen LogP contribution is 2.12. The molecule has 1 aromatic carbocycles. The molecule has 0 aliphatic carbocycles. The van der Waals surface area contributed by atoms with E-state index in [4.69, 9.17) is 4.74 Å². The van der Waals surface area contributed by atoms with Crippen molar-refractivity contribution in [3.63, 3.8) is 0 Å². The molecule has 0 radical (unpaired) electrons. The molecular weight excluding hydrogens is 290 g/mol. The summed E-state index contributed by atoms with van der Waals surface area (Å²) in [6, 6.07) is 7.80. The van der Waals surface area contributed by atoms with Gasteiger partial charge in [0.1, 0.15) is 12.4 Å². The predicted octanol–water partition coefficient (Wildman–Crippen LogP) is 1.60. The SMILES string of the molecule is CCS(=O)(=O)Cc1cn(CCOc2cccc(C)c2)nn1. The van der Waals surface area contributed by atoms with Crippen LogP contribution in [-0.2, 0) is 22.1 Å². The van der Waals surface area contributed by atoms with Crippen molar-refractivity contribution in [3.8, 4) is 5.75 Å². The Bertz CT molecular complexity index is 695. The molecule has 0 bridgehead atoms. The third kappa shape index (κ3) is 4.86. The van der Waals surface area contributed by atoms with E-state index in [0.717, 1.165) is 11.3 Å². The van der Waals surface area contributed by atoms with E-state index < -0.39 is 9.84 Å². The van der Waals surface area contributed by atoms with E-state index in [-0.39, 0.29) is 11.5 Å². The maximum atomic E-state index is 11.5. The second-order valence-electron chi connectivity index (χ2n) is 4.81. The molecule has 114 valence electrons. The average Bonchev–Trinajstić information content (AvgIpc) is 2.86. The van der Waals surface area contributed by atoms with Crippen LogP contribution in [0.2, 0.25) is 0 Å². The molecule has 7 heteroatoms. The van der Waals surface area contributed by atoms with Gasteiger partial charge in [-0.1, -0.05) is 24.3 Å². The van der Waals surface area contributed by atoms with Crippen LogP contribution in [0.25, 0.3) is 0 Å². The van der Waals surface area contributed by atoms with E-state index >= 15 is 0 Å². The van der Waals surface area contributed by atoms with Gasteiger partial charge in [0.15, 0.2) is 9.84 Å².